The second kappa shape index (κ2) is 6.77. The number of methoxy groups -OCH3 is 1. The molecule has 0 saturated heterocycles. The van der Waals surface area contributed by atoms with Gasteiger partial charge >= 0.3 is 0 Å². The van der Waals surface area contributed by atoms with Gasteiger partial charge in [-0.05, 0) is 26.0 Å². The molecule has 0 aliphatic carbocycles. The van der Waals surface area contributed by atoms with Gasteiger partial charge in [0.25, 0.3) is 0 Å². The van der Waals surface area contributed by atoms with Crippen molar-refractivity contribution in [2.75, 3.05) is 25.7 Å². The van der Waals surface area contributed by atoms with Gasteiger partial charge in [0.15, 0.2) is 0 Å². The first kappa shape index (κ1) is 15.8. The fraction of sp³-hybridized carbons (Fsp3) is 0.538. The van der Waals surface area contributed by atoms with Crippen molar-refractivity contribution in [3.05, 3.63) is 23.8 Å². The number of phenols is 1. The molecule has 6 heteroatoms. The minimum atomic E-state index is -2.91. The van der Waals surface area contributed by atoms with Crippen LogP contribution in [0.3, 0.4) is 0 Å². The molecule has 0 aliphatic heterocycles. The summed E-state index contributed by atoms with van der Waals surface area (Å²) in [6.45, 7) is 2.50. The number of aromatic hydroxyl groups is 1. The lowest BCUT2D eigenvalue weighted by atomic mass is 10.1. The van der Waals surface area contributed by atoms with Crippen molar-refractivity contribution in [3.63, 3.8) is 0 Å². The van der Waals surface area contributed by atoms with Crippen LogP contribution in [0.2, 0.25) is 0 Å². The first-order valence-electron chi connectivity index (χ1n) is 6.11. The molecule has 1 aromatic carbocycles. The van der Waals surface area contributed by atoms with Crippen LogP contribution >= 0.6 is 0 Å². The summed E-state index contributed by atoms with van der Waals surface area (Å²) in [5.74, 6) is 0.939. The summed E-state index contributed by atoms with van der Waals surface area (Å²) in [4.78, 5) is 0. The van der Waals surface area contributed by atoms with Gasteiger partial charge in [0.2, 0.25) is 0 Å². The van der Waals surface area contributed by atoms with Crippen molar-refractivity contribution in [2.45, 2.75) is 19.4 Å². The van der Waals surface area contributed by atoms with Crippen LogP contribution in [-0.2, 0) is 9.84 Å². The third kappa shape index (κ3) is 5.48. The van der Waals surface area contributed by atoms with Gasteiger partial charge in [-0.25, -0.2) is 8.42 Å². The molecule has 0 amide bonds. The maximum absolute atomic E-state index is 11.0. The molecule has 0 radical (unpaired) electrons. The van der Waals surface area contributed by atoms with Crippen molar-refractivity contribution in [2.24, 2.45) is 0 Å². The Kier molecular flexibility index (Phi) is 5.62. The highest BCUT2D eigenvalue weighted by molar-refractivity contribution is 7.90. The monoisotopic (exact) mass is 287 g/mol. The van der Waals surface area contributed by atoms with Crippen molar-refractivity contribution >= 4 is 9.84 Å². The molecule has 2 N–H and O–H groups in total. The molecular weight excluding hydrogens is 266 g/mol. The van der Waals surface area contributed by atoms with Crippen LogP contribution in [-0.4, -0.2) is 39.2 Å². The average Bonchev–Trinajstić information content (AvgIpc) is 2.33. The van der Waals surface area contributed by atoms with Crippen molar-refractivity contribution < 1.29 is 18.3 Å². The molecule has 0 bridgehead atoms. The van der Waals surface area contributed by atoms with Crippen LogP contribution in [0.25, 0.3) is 0 Å². The molecule has 1 atom stereocenters. The summed E-state index contributed by atoms with van der Waals surface area (Å²) >= 11 is 0. The van der Waals surface area contributed by atoms with Crippen LogP contribution in [0.4, 0.5) is 0 Å². The van der Waals surface area contributed by atoms with Gasteiger partial charge in [-0.1, -0.05) is 6.07 Å². The standard InChI is InChI=1S/C13H21NO4S/c1-10(14-7-4-8-19(3,16)17)12-6-5-11(18-2)9-13(12)15/h5-6,9-10,14-15H,4,7-8H2,1-3H3. The number of hydrogen-bond acceptors (Lipinski definition) is 5. The lowest BCUT2D eigenvalue weighted by Crippen LogP contribution is -2.22. The van der Waals surface area contributed by atoms with E-state index in [1.165, 1.54) is 6.26 Å². The Labute approximate surface area is 114 Å². The summed E-state index contributed by atoms with van der Waals surface area (Å²) in [5, 5.41) is 13.0. The number of hydrogen-bond donors (Lipinski definition) is 2. The van der Waals surface area contributed by atoms with Gasteiger partial charge in [-0.3, -0.25) is 0 Å². The smallest absolute Gasteiger partial charge is 0.147 e. The minimum Gasteiger partial charge on any atom is -0.507 e. The van der Waals surface area contributed by atoms with E-state index in [2.05, 4.69) is 5.32 Å². The van der Waals surface area contributed by atoms with Gasteiger partial charge < -0.3 is 15.2 Å². The largest absolute Gasteiger partial charge is 0.507 e. The van der Waals surface area contributed by atoms with Crippen LogP contribution in [0.15, 0.2) is 18.2 Å². The zero-order valence-corrected chi connectivity index (χ0v) is 12.3. The average molecular weight is 287 g/mol. The molecule has 0 spiro atoms. The number of benzene rings is 1. The van der Waals surface area contributed by atoms with Gasteiger partial charge in [0, 0.05) is 23.9 Å². The minimum absolute atomic E-state index is 0.0505. The third-order valence-electron chi connectivity index (χ3n) is 2.85. The van der Waals surface area contributed by atoms with Crippen LogP contribution in [0.1, 0.15) is 24.9 Å². The third-order valence-corrected chi connectivity index (χ3v) is 3.88. The van der Waals surface area contributed by atoms with E-state index in [0.29, 0.717) is 18.7 Å². The lowest BCUT2D eigenvalue weighted by molar-refractivity contribution is 0.404. The molecule has 19 heavy (non-hydrogen) atoms. The Morgan fingerprint density at radius 1 is 1.42 bits per heavy atom. The highest BCUT2D eigenvalue weighted by Crippen LogP contribution is 2.28. The van der Waals surface area contributed by atoms with Crippen LogP contribution in [0, 0.1) is 0 Å². The SMILES string of the molecule is COc1ccc(C(C)NCCCS(C)(=O)=O)c(O)c1. The zero-order valence-electron chi connectivity index (χ0n) is 11.5. The van der Waals surface area contributed by atoms with Crippen molar-refractivity contribution in [1.29, 1.82) is 0 Å². The molecular formula is C13H21NO4S. The predicted octanol–water partition coefficient (Wildman–Crippen LogP) is 1.49. The van der Waals surface area contributed by atoms with Gasteiger partial charge in [0.05, 0.1) is 12.9 Å². The Bertz CT molecular complexity index is 513. The van der Waals surface area contributed by atoms with Crippen LogP contribution in [0.5, 0.6) is 11.5 Å². The Morgan fingerprint density at radius 2 is 2.11 bits per heavy atom. The van der Waals surface area contributed by atoms with Gasteiger partial charge in [-0.2, -0.15) is 0 Å². The van der Waals surface area contributed by atoms with E-state index in [1.807, 2.05) is 6.92 Å². The molecule has 0 fully saturated rings. The molecule has 1 aromatic rings. The Morgan fingerprint density at radius 3 is 2.63 bits per heavy atom. The topological polar surface area (TPSA) is 75.6 Å². The van der Waals surface area contributed by atoms with Crippen molar-refractivity contribution in [1.82, 2.24) is 5.32 Å². The molecule has 5 nitrogen and oxygen atoms in total. The second-order valence-electron chi connectivity index (χ2n) is 4.58. The zero-order chi connectivity index (χ0) is 14.5. The lowest BCUT2D eigenvalue weighted by Gasteiger charge is -2.16. The summed E-state index contributed by atoms with van der Waals surface area (Å²) < 4.78 is 27.0. The molecule has 0 aliphatic rings. The normalized spacial score (nSPS) is 13.2. The van der Waals surface area contributed by atoms with E-state index in [9.17, 15) is 13.5 Å². The van der Waals surface area contributed by atoms with Crippen LogP contribution < -0.4 is 10.1 Å². The van der Waals surface area contributed by atoms with E-state index in [0.717, 1.165) is 5.56 Å². The number of rotatable bonds is 7. The number of nitrogens with one attached hydrogen (secondary N) is 1. The highest BCUT2D eigenvalue weighted by Gasteiger charge is 2.11. The summed E-state index contributed by atoms with van der Waals surface area (Å²) in [7, 11) is -1.37. The Hall–Kier alpha value is -1.27. The first-order chi connectivity index (χ1) is 8.83. The Balaban J connectivity index is 2.52. The maximum atomic E-state index is 11.0. The molecule has 108 valence electrons. The molecule has 1 rings (SSSR count). The summed E-state index contributed by atoms with van der Waals surface area (Å²) in [5.41, 5.74) is 0.764. The van der Waals surface area contributed by atoms with E-state index >= 15 is 0 Å². The fourth-order valence-electron chi connectivity index (χ4n) is 1.78. The molecule has 0 heterocycles. The predicted molar refractivity (Wildman–Crippen MR) is 75.4 cm³/mol. The number of ether oxygens (including phenoxy) is 1. The summed E-state index contributed by atoms with van der Waals surface area (Å²) in [6, 6.07) is 5.08. The van der Waals surface area contributed by atoms with E-state index < -0.39 is 9.84 Å². The van der Waals surface area contributed by atoms with E-state index in [1.54, 1.807) is 25.3 Å². The molecule has 0 aromatic heterocycles. The quantitative estimate of drug-likeness (QED) is 0.743. The number of sulfone groups is 1. The van der Waals surface area contributed by atoms with Gasteiger partial charge in [-0.15, -0.1) is 0 Å². The van der Waals surface area contributed by atoms with Gasteiger partial charge in [0.1, 0.15) is 21.3 Å². The molecule has 1 unspecified atom stereocenters. The summed E-state index contributed by atoms with van der Waals surface area (Å²) in [6.07, 6.45) is 1.78. The second-order valence-corrected chi connectivity index (χ2v) is 6.84. The van der Waals surface area contributed by atoms with E-state index in [-0.39, 0.29) is 17.5 Å². The maximum Gasteiger partial charge on any atom is 0.147 e. The first-order valence-corrected chi connectivity index (χ1v) is 8.17. The highest BCUT2D eigenvalue weighted by atomic mass is 32.2. The molecule has 0 saturated carbocycles. The van der Waals surface area contributed by atoms with E-state index in [4.69, 9.17) is 4.74 Å². The fourth-order valence-corrected chi connectivity index (χ4v) is 2.45. The van der Waals surface area contributed by atoms with Crippen molar-refractivity contribution in [3.8, 4) is 11.5 Å². The number of phenolic OH excluding ortho intramolecular Hbond substituents is 1.